The molecule has 0 aliphatic carbocycles. The van der Waals surface area contributed by atoms with Crippen molar-refractivity contribution in [2.24, 2.45) is 0 Å². The predicted octanol–water partition coefficient (Wildman–Crippen LogP) is 2.89. The number of aromatic carboxylic acids is 1. The van der Waals surface area contributed by atoms with Crippen molar-refractivity contribution in [3.05, 3.63) is 23.2 Å². The molecule has 0 saturated heterocycles. The van der Waals surface area contributed by atoms with Gasteiger partial charge in [-0.25, -0.2) is 4.79 Å². The highest BCUT2D eigenvalue weighted by molar-refractivity contribution is 5.86. The van der Waals surface area contributed by atoms with Crippen molar-refractivity contribution in [1.29, 1.82) is 0 Å². The summed E-state index contributed by atoms with van der Waals surface area (Å²) in [5.41, 5.74) is 0.675. The van der Waals surface area contributed by atoms with Crippen LogP contribution in [0.3, 0.4) is 0 Å². The van der Waals surface area contributed by atoms with E-state index in [9.17, 15) is 4.79 Å². The first kappa shape index (κ1) is 17.7. The fourth-order valence-electron chi connectivity index (χ4n) is 2.39. The van der Waals surface area contributed by atoms with Gasteiger partial charge < -0.3 is 19.7 Å². The Bertz CT molecular complexity index is 439. The third-order valence-corrected chi connectivity index (χ3v) is 3.79. The fraction of sp³-hybridized carbons (Fsp3) is 0.688. The smallest absolute Gasteiger partial charge is 0.372 e. The maximum Gasteiger partial charge on any atom is 0.372 e. The van der Waals surface area contributed by atoms with Gasteiger partial charge in [0.05, 0.1) is 6.54 Å². The first-order chi connectivity index (χ1) is 9.97. The van der Waals surface area contributed by atoms with E-state index in [0.29, 0.717) is 23.9 Å². The lowest BCUT2D eigenvalue weighted by molar-refractivity contribution is 0.0659. The molecule has 1 aromatic heterocycles. The number of rotatable bonds is 10. The highest BCUT2D eigenvalue weighted by atomic mass is 16.4. The van der Waals surface area contributed by atoms with Gasteiger partial charge in [-0.2, -0.15) is 0 Å². The minimum absolute atomic E-state index is 0.0426. The minimum Gasteiger partial charge on any atom is -0.475 e. The SMILES string of the molecule is CCN(CC)CCCC(C)NCc1cc(C)c(C(=O)O)o1. The van der Waals surface area contributed by atoms with Crippen LogP contribution in [0, 0.1) is 6.92 Å². The van der Waals surface area contributed by atoms with E-state index in [0.717, 1.165) is 32.5 Å². The first-order valence-corrected chi connectivity index (χ1v) is 7.76. The van der Waals surface area contributed by atoms with Crippen LogP contribution in [0.25, 0.3) is 0 Å². The van der Waals surface area contributed by atoms with Crippen molar-refractivity contribution < 1.29 is 14.3 Å². The zero-order chi connectivity index (χ0) is 15.8. The van der Waals surface area contributed by atoms with Gasteiger partial charge in [-0.1, -0.05) is 13.8 Å². The normalized spacial score (nSPS) is 12.8. The average molecular weight is 296 g/mol. The van der Waals surface area contributed by atoms with E-state index in [4.69, 9.17) is 9.52 Å². The Morgan fingerprint density at radius 1 is 1.43 bits per heavy atom. The molecule has 1 aromatic rings. The van der Waals surface area contributed by atoms with E-state index in [2.05, 4.69) is 31.0 Å². The standard InChI is InChI=1S/C16H28N2O3/c1-5-18(6-2)9-7-8-13(4)17-11-14-10-12(3)15(21-14)16(19)20/h10,13,17H,5-9,11H2,1-4H3,(H,19,20). The lowest BCUT2D eigenvalue weighted by Gasteiger charge is -2.19. The third kappa shape index (κ3) is 5.89. The molecular formula is C16H28N2O3. The Morgan fingerprint density at radius 3 is 2.62 bits per heavy atom. The highest BCUT2D eigenvalue weighted by Gasteiger charge is 2.14. The molecule has 0 aliphatic heterocycles. The molecule has 2 N–H and O–H groups in total. The maximum atomic E-state index is 10.9. The van der Waals surface area contributed by atoms with Crippen molar-refractivity contribution in [2.75, 3.05) is 19.6 Å². The maximum absolute atomic E-state index is 10.9. The largest absolute Gasteiger partial charge is 0.475 e. The van der Waals surface area contributed by atoms with Crippen LogP contribution < -0.4 is 5.32 Å². The van der Waals surface area contributed by atoms with Crippen molar-refractivity contribution in [1.82, 2.24) is 10.2 Å². The van der Waals surface area contributed by atoms with Crippen LogP contribution in [0.15, 0.2) is 10.5 Å². The summed E-state index contributed by atoms with van der Waals surface area (Å²) in [4.78, 5) is 13.3. The van der Waals surface area contributed by atoms with Crippen LogP contribution in [-0.2, 0) is 6.54 Å². The van der Waals surface area contributed by atoms with Gasteiger partial charge in [0, 0.05) is 11.6 Å². The Morgan fingerprint density at radius 2 is 2.10 bits per heavy atom. The van der Waals surface area contributed by atoms with Crippen LogP contribution in [0.1, 0.15) is 55.5 Å². The van der Waals surface area contributed by atoms with Crippen LogP contribution in [0.5, 0.6) is 0 Å². The molecule has 0 aromatic carbocycles. The van der Waals surface area contributed by atoms with Crippen LogP contribution in [0.2, 0.25) is 0 Å². The van der Waals surface area contributed by atoms with Gasteiger partial charge in [0.1, 0.15) is 5.76 Å². The molecule has 5 nitrogen and oxygen atoms in total. The lowest BCUT2D eigenvalue weighted by Crippen LogP contribution is -2.28. The molecule has 0 amide bonds. The number of hydrogen-bond donors (Lipinski definition) is 2. The quantitative estimate of drug-likeness (QED) is 0.695. The van der Waals surface area contributed by atoms with Gasteiger partial charge in [-0.15, -0.1) is 0 Å². The Kier molecular flexibility index (Phi) is 7.47. The Hall–Kier alpha value is -1.33. The number of nitrogens with one attached hydrogen (secondary N) is 1. The molecule has 1 unspecified atom stereocenters. The van der Waals surface area contributed by atoms with Gasteiger partial charge >= 0.3 is 5.97 Å². The number of carboxylic acid groups (broad SMARTS) is 1. The molecule has 120 valence electrons. The molecule has 1 rings (SSSR count). The molecule has 1 atom stereocenters. The molecule has 1 heterocycles. The van der Waals surface area contributed by atoms with Crippen LogP contribution >= 0.6 is 0 Å². The summed E-state index contributed by atoms with van der Waals surface area (Å²) in [5, 5.41) is 12.3. The summed E-state index contributed by atoms with van der Waals surface area (Å²) in [5.74, 6) is -0.285. The summed E-state index contributed by atoms with van der Waals surface area (Å²) < 4.78 is 5.33. The Balaban J connectivity index is 2.31. The highest BCUT2D eigenvalue weighted by Crippen LogP contribution is 2.14. The number of furan rings is 1. The second kappa shape index (κ2) is 8.85. The van der Waals surface area contributed by atoms with E-state index < -0.39 is 5.97 Å². The molecule has 0 radical (unpaired) electrons. The average Bonchev–Trinajstić information content (AvgIpc) is 2.83. The summed E-state index contributed by atoms with van der Waals surface area (Å²) in [6.45, 7) is 12.2. The number of aryl methyl sites for hydroxylation is 1. The zero-order valence-corrected chi connectivity index (χ0v) is 13.6. The van der Waals surface area contributed by atoms with Gasteiger partial charge in [-0.05, 0) is 52.4 Å². The number of hydrogen-bond acceptors (Lipinski definition) is 4. The van der Waals surface area contributed by atoms with Crippen LogP contribution in [-0.4, -0.2) is 41.7 Å². The third-order valence-electron chi connectivity index (χ3n) is 3.79. The van der Waals surface area contributed by atoms with E-state index in [1.165, 1.54) is 0 Å². The fourth-order valence-corrected chi connectivity index (χ4v) is 2.39. The van der Waals surface area contributed by atoms with Crippen molar-refractivity contribution in [2.45, 2.75) is 53.1 Å². The lowest BCUT2D eigenvalue weighted by atomic mass is 10.1. The van der Waals surface area contributed by atoms with E-state index in [-0.39, 0.29) is 5.76 Å². The molecule has 0 fully saturated rings. The summed E-state index contributed by atoms with van der Waals surface area (Å²) in [6.07, 6.45) is 2.26. The molecule has 0 saturated carbocycles. The van der Waals surface area contributed by atoms with Crippen molar-refractivity contribution in [3.63, 3.8) is 0 Å². The van der Waals surface area contributed by atoms with E-state index in [1.54, 1.807) is 13.0 Å². The second-order valence-electron chi connectivity index (χ2n) is 5.48. The molecule has 0 spiro atoms. The second-order valence-corrected chi connectivity index (χ2v) is 5.48. The van der Waals surface area contributed by atoms with Crippen molar-refractivity contribution in [3.8, 4) is 0 Å². The number of nitrogens with zero attached hydrogens (tertiary/aromatic N) is 1. The van der Waals surface area contributed by atoms with Gasteiger partial charge in [-0.3, -0.25) is 0 Å². The molecule has 21 heavy (non-hydrogen) atoms. The first-order valence-electron chi connectivity index (χ1n) is 7.76. The molecule has 0 bridgehead atoms. The monoisotopic (exact) mass is 296 g/mol. The van der Waals surface area contributed by atoms with E-state index >= 15 is 0 Å². The predicted molar refractivity (Wildman–Crippen MR) is 83.7 cm³/mol. The number of carbonyl (C=O) groups is 1. The summed E-state index contributed by atoms with van der Waals surface area (Å²) in [6, 6.07) is 2.18. The van der Waals surface area contributed by atoms with Crippen LogP contribution in [0.4, 0.5) is 0 Å². The topological polar surface area (TPSA) is 65.7 Å². The number of carboxylic acids is 1. The zero-order valence-electron chi connectivity index (χ0n) is 13.6. The molecule has 5 heteroatoms. The van der Waals surface area contributed by atoms with Gasteiger partial charge in [0.15, 0.2) is 0 Å². The minimum atomic E-state index is -1.01. The summed E-state index contributed by atoms with van der Waals surface area (Å²) in [7, 11) is 0. The molecular weight excluding hydrogens is 268 g/mol. The van der Waals surface area contributed by atoms with Crippen molar-refractivity contribution >= 4 is 5.97 Å². The van der Waals surface area contributed by atoms with Gasteiger partial charge in [0.2, 0.25) is 5.76 Å². The summed E-state index contributed by atoms with van der Waals surface area (Å²) >= 11 is 0. The van der Waals surface area contributed by atoms with E-state index in [1.807, 2.05) is 0 Å². The van der Waals surface area contributed by atoms with Gasteiger partial charge in [0.25, 0.3) is 0 Å². The molecule has 0 aliphatic rings. The Labute approximate surface area is 127 Å².